The molecule has 0 unspecified atom stereocenters. The summed E-state index contributed by atoms with van der Waals surface area (Å²) in [5, 5.41) is 9.09. The molecule has 0 spiro atoms. The summed E-state index contributed by atoms with van der Waals surface area (Å²) in [5.74, 6) is -0.177. The molecule has 0 fully saturated rings. The second-order valence-electron chi connectivity index (χ2n) is 10.5. The number of carboxylic acids is 1. The Hall–Kier alpha value is -2.60. The van der Waals surface area contributed by atoms with Crippen molar-refractivity contribution in [1.82, 2.24) is 0 Å². The molecule has 6 nitrogen and oxygen atoms in total. The van der Waals surface area contributed by atoms with Gasteiger partial charge in [-0.3, -0.25) is 9.59 Å². The van der Waals surface area contributed by atoms with Gasteiger partial charge in [0.1, 0.15) is 17.3 Å². The van der Waals surface area contributed by atoms with Crippen molar-refractivity contribution < 1.29 is 29.0 Å². The second kappa shape index (κ2) is 7.77. The smallest absolute Gasteiger partial charge is 0.341 e. The van der Waals surface area contributed by atoms with Gasteiger partial charge in [0, 0.05) is 42.7 Å². The molecule has 170 valence electrons. The third-order valence-corrected chi connectivity index (χ3v) is 6.52. The summed E-state index contributed by atoms with van der Waals surface area (Å²) in [6.07, 6.45) is 1.98. The molecule has 1 aliphatic heterocycles. The van der Waals surface area contributed by atoms with E-state index in [1.807, 2.05) is 27.7 Å². The number of carbonyl (C=O) groups excluding carboxylic acids is 2. The Balaban J connectivity index is 1.83. The molecule has 0 atom stereocenters. The van der Waals surface area contributed by atoms with Crippen molar-refractivity contribution in [3.8, 4) is 5.75 Å². The number of aliphatic carboxylic acids is 1. The zero-order valence-electron chi connectivity index (χ0n) is 18.7. The van der Waals surface area contributed by atoms with E-state index < -0.39 is 18.5 Å². The van der Waals surface area contributed by atoms with Crippen molar-refractivity contribution in [2.24, 2.45) is 10.8 Å². The first kappa shape index (κ1) is 22.6. The molecule has 32 heavy (non-hydrogen) atoms. The van der Waals surface area contributed by atoms with Gasteiger partial charge in [-0.25, -0.2) is 4.79 Å². The predicted molar refractivity (Wildman–Crippen MR) is 119 cm³/mol. The molecule has 0 saturated heterocycles. The van der Waals surface area contributed by atoms with Gasteiger partial charge >= 0.3 is 5.97 Å². The van der Waals surface area contributed by atoms with Crippen LogP contribution in [0.15, 0.2) is 40.9 Å². The maximum Gasteiger partial charge on any atom is 0.341 e. The summed E-state index contributed by atoms with van der Waals surface area (Å²) >= 11 is 6.39. The number of rotatable bonds is 4. The zero-order valence-corrected chi connectivity index (χ0v) is 19.5. The first-order valence-corrected chi connectivity index (χ1v) is 11.1. The minimum Gasteiger partial charge on any atom is -0.480 e. The van der Waals surface area contributed by atoms with E-state index in [0.29, 0.717) is 53.9 Å². The Morgan fingerprint density at radius 2 is 1.56 bits per heavy atom. The fourth-order valence-corrected chi connectivity index (χ4v) is 5.20. The molecule has 0 amide bonds. The molecule has 4 rings (SSSR count). The average Bonchev–Trinajstić information content (AvgIpc) is 2.63. The van der Waals surface area contributed by atoms with Crippen molar-refractivity contribution >= 4 is 29.1 Å². The fraction of sp³-hybridized carbons (Fsp3) is 0.480. The van der Waals surface area contributed by atoms with E-state index >= 15 is 0 Å². The minimum absolute atomic E-state index is 0.0206. The highest BCUT2D eigenvalue weighted by Gasteiger charge is 2.47. The molecule has 1 heterocycles. The number of carboxylic acid groups (broad SMARTS) is 1. The van der Waals surface area contributed by atoms with Crippen LogP contribution in [-0.2, 0) is 19.1 Å². The van der Waals surface area contributed by atoms with Gasteiger partial charge in [0.25, 0.3) is 0 Å². The Kier molecular flexibility index (Phi) is 5.48. The zero-order chi connectivity index (χ0) is 23.4. The number of ketones is 2. The van der Waals surface area contributed by atoms with Gasteiger partial charge in [-0.1, -0.05) is 45.4 Å². The number of hydrogen-bond donors (Lipinski definition) is 1. The van der Waals surface area contributed by atoms with Crippen LogP contribution in [0.3, 0.4) is 0 Å². The highest BCUT2D eigenvalue weighted by Crippen LogP contribution is 2.53. The topological polar surface area (TPSA) is 89.9 Å². The summed E-state index contributed by atoms with van der Waals surface area (Å²) in [5.41, 5.74) is 1.32. The van der Waals surface area contributed by atoms with Gasteiger partial charge in [-0.2, -0.15) is 0 Å². The SMILES string of the molecule is CC1(C)CC(=O)C2=C(C1)OC1=C(C(=O)CC(C)(C)C1)C2c1ccc(OCC(=O)O)c(Cl)c1. The number of Topliss-reactive ketones (excluding diaryl/α,β-unsaturated/α-hetero) is 2. The molecule has 0 bridgehead atoms. The van der Waals surface area contributed by atoms with E-state index in [0.717, 1.165) is 0 Å². The monoisotopic (exact) mass is 458 g/mol. The van der Waals surface area contributed by atoms with Crippen LogP contribution in [0.4, 0.5) is 0 Å². The van der Waals surface area contributed by atoms with Gasteiger partial charge in [0.05, 0.1) is 5.02 Å². The van der Waals surface area contributed by atoms with Crippen molar-refractivity contribution in [2.75, 3.05) is 6.61 Å². The molecule has 0 radical (unpaired) electrons. The minimum atomic E-state index is -1.11. The first-order valence-electron chi connectivity index (χ1n) is 10.7. The molecule has 3 aliphatic rings. The summed E-state index contributed by atoms with van der Waals surface area (Å²) in [6.45, 7) is 7.65. The van der Waals surface area contributed by atoms with Crippen LogP contribution in [-0.4, -0.2) is 29.2 Å². The van der Waals surface area contributed by atoms with Gasteiger partial charge < -0.3 is 14.6 Å². The maximum atomic E-state index is 13.3. The molecule has 7 heteroatoms. The number of halogens is 1. The largest absolute Gasteiger partial charge is 0.480 e. The van der Waals surface area contributed by atoms with Gasteiger partial charge in [0.15, 0.2) is 18.2 Å². The second-order valence-corrected chi connectivity index (χ2v) is 10.9. The Morgan fingerprint density at radius 1 is 1.03 bits per heavy atom. The van der Waals surface area contributed by atoms with Crippen LogP contribution in [0.1, 0.15) is 64.9 Å². The van der Waals surface area contributed by atoms with E-state index in [2.05, 4.69) is 0 Å². The molecule has 0 saturated carbocycles. The lowest BCUT2D eigenvalue weighted by molar-refractivity contribution is -0.139. The van der Waals surface area contributed by atoms with Crippen LogP contribution in [0.25, 0.3) is 0 Å². The van der Waals surface area contributed by atoms with E-state index in [4.69, 9.17) is 26.2 Å². The van der Waals surface area contributed by atoms with Crippen molar-refractivity contribution in [1.29, 1.82) is 0 Å². The van der Waals surface area contributed by atoms with E-state index in [1.54, 1.807) is 18.2 Å². The highest BCUT2D eigenvalue weighted by molar-refractivity contribution is 6.32. The third kappa shape index (κ3) is 4.20. The number of benzene rings is 1. The van der Waals surface area contributed by atoms with Crippen molar-refractivity contribution in [2.45, 2.75) is 59.3 Å². The number of allylic oxidation sites excluding steroid dienone is 4. The quantitative estimate of drug-likeness (QED) is 0.666. The molecular weight excluding hydrogens is 432 g/mol. The molecule has 0 aromatic heterocycles. The fourth-order valence-electron chi connectivity index (χ4n) is 4.96. The summed E-state index contributed by atoms with van der Waals surface area (Å²) < 4.78 is 11.5. The van der Waals surface area contributed by atoms with E-state index in [-0.39, 0.29) is 33.2 Å². The number of hydrogen-bond acceptors (Lipinski definition) is 5. The molecule has 1 N–H and O–H groups in total. The lowest BCUT2D eigenvalue weighted by Crippen LogP contribution is -2.37. The molecule has 1 aromatic rings. The van der Waals surface area contributed by atoms with Crippen LogP contribution in [0.2, 0.25) is 5.02 Å². The Labute approximate surface area is 192 Å². The van der Waals surface area contributed by atoms with E-state index in [9.17, 15) is 14.4 Å². The van der Waals surface area contributed by atoms with Crippen LogP contribution >= 0.6 is 11.6 Å². The van der Waals surface area contributed by atoms with Crippen molar-refractivity contribution in [3.63, 3.8) is 0 Å². The molecule has 2 aliphatic carbocycles. The summed E-state index contributed by atoms with van der Waals surface area (Å²) in [7, 11) is 0. The van der Waals surface area contributed by atoms with Gasteiger partial charge in [0.2, 0.25) is 0 Å². The lowest BCUT2D eigenvalue weighted by Gasteiger charge is -2.42. The van der Waals surface area contributed by atoms with Crippen LogP contribution in [0, 0.1) is 10.8 Å². The van der Waals surface area contributed by atoms with Crippen molar-refractivity contribution in [3.05, 3.63) is 51.4 Å². The van der Waals surface area contributed by atoms with Gasteiger partial charge in [-0.05, 0) is 28.5 Å². The molecular formula is C25H27ClO6. The third-order valence-electron chi connectivity index (χ3n) is 6.22. The number of carbonyl (C=O) groups is 3. The molecule has 1 aromatic carbocycles. The van der Waals surface area contributed by atoms with Crippen LogP contribution in [0.5, 0.6) is 5.75 Å². The summed E-state index contributed by atoms with van der Waals surface area (Å²) in [6, 6.07) is 4.99. The maximum absolute atomic E-state index is 13.3. The summed E-state index contributed by atoms with van der Waals surface area (Å²) in [4.78, 5) is 37.4. The van der Waals surface area contributed by atoms with Gasteiger partial charge in [-0.15, -0.1) is 0 Å². The standard InChI is InChI=1S/C25H27ClO6/c1-24(2)8-15(27)22-18(10-24)32-19-11-25(3,4)9-16(28)23(19)21(22)13-5-6-17(14(26)7-13)31-12-20(29)30/h5-7,21H,8-12H2,1-4H3,(H,29,30). The predicted octanol–water partition coefficient (Wildman–Crippen LogP) is 5.20. The normalized spacial score (nSPS) is 22.3. The van der Waals surface area contributed by atoms with E-state index in [1.165, 1.54) is 0 Å². The highest BCUT2D eigenvalue weighted by atomic mass is 35.5. The first-order chi connectivity index (χ1) is 14.9. The average molecular weight is 459 g/mol. The number of ether oxygens (including phenoxy) is 2. The Morgan fingerprint density at radius 3 is 2.03 bits per heavy atom. The van der Waals surface area contributed by atoms with Crippen LogP contribution < -0.4 is 4.74 Å². The lowest BCUT2D eigenvalue weighted by atomic mass is 9.65. The Bertz CT molecular complexity index is 1040.